The summed E-state index contributed by atoms with van der Waals surface area (Å²) >= 11 is 0. The third-order valence-electron chi connectivity index (χ3n) is 4.40. The summed E-state index contributed by atoms with van der Waals surface area (Å²) in [7, 11) is 0. The number of carbonyl (C=O) groups is 1. The topological polar surface area (TPSA) is 74.5 Å². The Labute approximate surface area is 145 Å². The van der Waals surface area contributed by atoms with Crippen molar-refractivity contribution in [2.45, 2.75) is 19.4 Å². The minimum atomic E-state index is -0.328. The molecule has 1 amide bonds. The molecule has 1 unspecified atom stereocenters. The molecule has 7 nitrogen and oxygen atoms in total. The highest BCUT2D eigenvalue weighted by atomic mass is 19.1. The van der Waals surface area contributed by atoms with Gasteiger partial charge in [-0.15, -0.1) is 5.10 Å². The van der Waals surface area contributed by atoms with Crippen LogP contribution < -0.4 is 0 Å². The second kappa shape index (κ2) is 7.71. The Morgan fingerprint density at radius 3 is 2.56 bits per heavy atom. The number of carbonyl (C=O) groups excluding carboxylic acids is 1. The van der Waals surface area contributed by atoms with E-state index >= 15 is 0 Å². The SMILES string of the molecule is CCC(O)CN1CCN(C(=O)c2cn(-c3ccc(F)cc3)nn2)CC1. The van der Waals surface area contributed by atoms with E-state index in [0.717, 1.165) is 19.5 Å². The van der Waals surface area contributed by atoms with E-state index in [4.69, 9.17) is 0 Å². The van der Waals surface area contributed by atoms with Crippen LogP contribution in [-0.2, 0) is 0 Å². The van der Waals surface area contributed by atoms with Gasteiger partial charge in [0.05, 0.1) is 18.0 Å². The quantitative estimate of drug-likeness (QED) is 0.871. The lowest BCUT2D eigenvalue weighted by Gasteiger charge is -2.35. The Kier molecular flexibility index (Phi) is 5.40. The van der Waals surface area contributed by atoms with Crippen molar-refractivity contribution in [2.24, 2.45) is 0 Å². The number of hydrogen-bond acceptors (Lipinski definition) is 5. The molecular formula is C17H22FN5O2. The molecule has 3 rings (SSSR count). The molecule has 1 saturated heterocycles. The highest BCUT2D eigenvalue weighted by Crippen LogP contribution is 2.11. The molecule has 2 heterocycles. The smallest absolute Gasteiger partial charge is 0.276 e. The van der Waals surface area contributed by atoms with Crippen molar-refractivity contribution in [1.82, 2.24) is 24.8 Å². The van der Waals surface area contributed by atoms with Gasteiger partial charge >= 0.3 is 0 Å². The molecule has 0 saturated carbocycles. The second-order valence-corrected chi connectivity index (χ2v) is 6.18. The molecule has 0 radical (unpaired) electrons. The number of nitrogens with zero attached hydrogens (tertiary/aromatic N) is 5. The van der Waals surface area contributed by atoms with Gasteiger partial charge in [-0.25, -0.2) is 9.07 Å². The molecule has 2 aromatic rings. The molecule has 1 atom stereocenters. The van der Waals surface area contributed by atoms with Gasteiger partial charge in [-0.05, 0) is 30.7 Å². The fourth-order valence-corrected chi connectivity index (χ4v) is 2.80. The van der Waals surface area contributed by atoms with Gasteiger partial charge in [-0.3, -0.25) is 9.69 Å². The van der Waals surface area contributed by atoms with E-state index in [9.17, 15) is 14.3 Å². The summed E-state index contributed by atoms with van der Waals surface area (Å²) in [5, 5.41) is 17.6. The van der Waals surface area contributed by atoms with Crippen LogP contribution in [0.1, 0.15) is 23.8 Å². The molecule has 8 heteroatoms. The summed E-state index contributed by atoms with van der Waals surface area (Å²) in [6, 6.07) is 5.83. The molecule has 25 heavy (non-hydrogen) atoms. The van der Waals surface area contributed by atoms with Gasteiger partial charge in [0.25, 0.3) is 5.91 Å². The van der Waals surface area contributed by atoms with Gasteiger partial charge in [0.2, 0.25) is 0 Å². The molecule has 1 aliphatic heterocycles. The van der Waals surface area contributed by atoms with E-state index in [0.29, 0.717) is 25.3 Å². The summed E-state index contributed by atoms with van der Waals surface area (Å²) in [5.74, 6) is -0.490. The van der Waals surface area contributed by atoms with Crippen LogP contribution in [0, 0.1) is 5.82 Å². The van der Waals surface area contributed by atoms with Gasteiger partial charge in [0, 0.05) is 32.7 Å². The zero-order valence-corrected chi connectivity index (χ0v) is 14.2. The molecule has 0 bridgehead atoms. The van der Waals surface area contributed by atoms with Gasteiger partial charge < -0.3 is 10.0 Å². The number of aromatic nitrogens is 3. The maximum Gasteiger partial charge on any atom is 0.276 e. The lowest BCUT2D eigenvalue weighted by atomic mass is 10.2. The highest BCUT2D eigenvalue weighted by molar-refractivity contribution is 5.92. The van der Waals surface area contributed by atoms with E-state index in [1.54, 1.807) is 23.2 Å². The second-order valence-electron chi connectivity index (χ2n) is 6.18. The van der Waals surface area contributed by atoms with Crippen LogP contribution >= 0.6 is 0 Å². The summed E-state index contributed by atoms with van der Waals surface area (Å²) in [6.45, 7) is 5.25. The first-order valence-corrected chi connectivity index (χ1v) is 8.45. The maximum absolute atomic E-state index is 13.0. The third kappa shape index (κ3) is 4.21. The maximum atomic E-state index is 13.0. The van der Waals surface area contributed by atoms with Crippen molar-refractivity contribution in [2.75, 3.05) is 32.7 Å². The molecular weight excluding hydrogens is 325 g/mol. The van der Waals surface area contributed by atoms with E-state index < -0.39 is 0 Å². The largest absolute Gasteiger partial charge is 0.392 e. The molecule has 1 aliphatic rings. The molecule has 134 valence electrons. The Bertz CT molecular complexity index is 710. The Morgan fingerprint density at radius 1 is 1.24 bits per heavy atom. The van der Waals surface area contributed by atoms with Crippen LogP contribution in [0.5, 0.6) is 0 Å². The fourth-order valence-electron chi connectivity index (χ4n) is 2.80. The first-order chi connectivity index (χ1) is 12.1. The standard InChI is InChI=1S/C17H22FN5O2/c1-2-15(24)11-21-7-9-22(10-8-21)17(25)16-12-23(20-19-16)14-5-3-13(18)4-6-14/h3-6,12,15,24H,2,7-11H2,1H3. The predicted molar refractivity (Wildman–Crippen MR) is 90.0 cm³/mol. The average molecular weight is 347 g/mol. The van der Waals surface area contributed by atoms with Crippen LogP contribution in [0.25, 0.3) is 5.69 Å². The number of hydrogen-bond donors (Lipinski definition) is 1. The zero-order chi connectivity index (χ0) is 17.8. The molecule has 0 aliphatic carbocycles. The molecule has 1 aromatic carbocycles. The lowest BCUT2D eigenvalue weighted by molar-refractivity contribution is 0.0519. The monoisotopic (exact) mass is 347 g/mol. The molecule has 1 N–H and O–H groups in total. The van der Waals surface area contributed by atoms with Crippen molar-refractivity contribution in [3.63, 3.8) is 0 Å². The molecule has 1 aromatic heterocycles. The van der Waals surface area contributed by atoms with E-state index in [-0.39, 0.29) is 23.5 Å². The van der Waals surface area contributed by atoms with Gasteiger partial charge in [0.15, 0.2) is 5.69 Å². The first-order valence-electron chi connectivity index (χ1n) is 8.45. The van der Waals surface area contributed by atoms with Gasteiger partial charge in [-0.1, -0.05) is 12.1 Å². The number of halogens is 1. The lowest BCUT2D eigenvalue weighted by Crippen LogP contribution is -2.50. The summed E-state index contributed by atoms with van der Waals surface area (Å²) in [6.07, 6.45) is 1.96. The van der Waals surface area contributed by atoms with Crippen molar-refractivity contribution in [3.8, 4) is 5.69 Å². The van der Waals surface area contributed by atoms with Crippen LogP contribution in [0.2, 0.25) is 0 Å². The van der Waals surface area contributed by atoms with Crippen molar-refractivity contribution < 1.29 is 14.3 Å². The minimum absolute atomic E-state index is 0.163. The Hall–Kier alpha value is -2.32. The van der Waals surface area contributed by atoms with Crippen LogP contribution in [0.4, 0.5) is 4.39 Å². The normalized spacial score (nSPS) is 16.8. The van der Waals surface area contributed by atoms with E-state index in [1.807, 2.05) is 6.92 Å². The van der Waals surface area contributed by atoms with Gasteiger partial charge in [0.1, 0.15) is 5.82 Å². The number of piperazine rings is 1. The van der Waals surface area contributed by atoms with Crippen molar-refractivity contribution in [1.29, 1.82) is 0 Å². The molecule has 0 spiro atoms. The minimum Gasteiger partial charge on any atom is -0.392 e. The number of aliphatic hydroxyl groups excluding tert-OH is 1. The summed E-state index contributed by atoms with van der Waals surface area (Å²) in [4.78, 5) is 16.5. The Balaban J connectivity index is 1.60. The van der Waals surface area contributed by atoms with E-state index in [1.165, 1.54) is 16.8 Å². The molecule has 1 fully saturated rings. The van der Waals surface area contributed by atoms with Crippen LogP contribution in [-0.4, -0.2) is 74.6 Å². The average Bonchev–Trinajstić information content (AvgIpc) is 3.12. The number of aliphatic hydroxyl groups is 1. The predicted octanol–water partition coefficient (Wildman–Crippen LogP) is 0.935. The highest BCUT2D eigenvalue weighted by Gasteiger charge is 2.25. The summed E-state index contributed by atoms with van der Waals surface area (Å²) < 4.78 is 14.4. The van der Waals surface area contributed by atoms with Gasteiger partial charge in [-0.2, -0.15) is 0 Å². The number of β-amino-alcohol motifs (C(OH)–C–C–N with tert-alkyl or cyclic N) is 1. The summed E-state index contributed by atoms with van der Waals surface area (Å²) in [5.41, 5.74) is 0.915. The third-order valence-corrected chi connectivity index (χ3v) is 4.40. The van der Waals surface area contributed by atoms with E-state index in [2.05, 4.69) is 15.2 Å². The van der Waals surface area contributed by atoms with Crippen LogP contribution in [0.3, 0.4) is 0 Å². The number of amides is 1. The van der Waals surface area contributed by atoms with Crippen molar-refractivity contribution in [3.05, 3.63) is 42.0 Å². The van der Waals surface area contributed by atoms with Crippen molar-refractivity contribution >= 4 is 5.91 Å². The fraction of sp³-hybridized carbons (Fsp3) is 0.471. The number of benzene rings is 1. The zero-order valence-electron chi connectivity index (χ0n) is 14.2. The number of rotatable bonds is 5. The first kappa shape index (κ1) is 17.5. The van der Waals surface area contributed by atoms with Crippen LogP contribution in [0.15, 0.2) is 30.5 Å². The Morgan fingerprint density at radius 2 is 1.92 bits per heavy atom.